The molecule has 36 heavy (non-hydrogen) atoms. The van der Waals surface area contributed by atoms with E-state index in [2.05, 4.69) is 28.7 Å². The Hall–Kier alpha value is -2.54. The topological polar surface area (TPSA) is 75.6 Å². The number of hydrogen-bond donors (Lipinski definition) is 1. The molecule has 6 nitrogen and oxygen atoms in total. The van der Waals surface area contributed by atoms with Crippen LogP contribution in [-0.2, 0) is 16.0 Å². The first kappa shape index (κ1) is 31.5. The van der Waals surface area contributed by atoms with Crippen molar-refractivity contribution in [3.63, 3.8) is 0 Å². The molecule has 0 amide bonds. The number of hydrogen-bond acceptors (Lipinski definition) is 6. The highest BCUT2D eigenvalue weighted by Crippen LogP contribution is 2.39. The summed E-state index contributed by atoms with van der Waals surface area (Å²) in [7, 11) is 0. The molecule has 0 saturated carbocycles. The van der Waals surface area contributed by atoms with Gasteiger partial charge in [-0.1, -0.05) is 27.7 Å². The highest BCUT2D eigenvalue weighted by atomic mass is 19.1. The number of piperidine rings is 1. The third kappa shape index (κ3) is 10.6. The van der Waals surface area contributed by atoms with Crippen LogP contribution in [0.3, 0.4) is 0 Å². The summed E-state index contributed by atoms with van der Waals surface area (Å²) in [6.07, 6.45) is 5.44. The molecule has 2 aromatic rings. The Morgan fingerprint density at radius 3 is 2.17 bits per heavy atom. The van der Waals surface area contributed by atoms with Gasteiger partial charge in [0, 0.05) is 47.9 Å². The smallest absolute Gasteiger partial charge is 0.310 e. The summed E-state index contributed by atoms with van der Waals surface area (Å²) in [5.41, 5.74) is 4.13. The summed E-state index contributed by atoms with van der Waals surface area (Å²) >= 11 is 0. The third-order valence-corrected chi connectivity index (χ3v) is 5.52. The van der Waals surface area contributed by atoms with Crippen molar-refractivity contribution in [2.24, 2.45) is 5.41 Å². The van der Waals surface area contributed by atoms with E-state index in [0.29, 0.717) is 5.41 Å². The van der Waals surface area contributed by atoms with Crippen molar-refractivity contribution in [2.45, 2.75) is 100 Å². The molecule has 202 valence electrons. The molecule has 0 spiro atoms. The van der Waals surface area contributed by atoms with Crippen LogP contribution in [0.4, 0.5) is 10.1 Å². The zero-order valence-electron chi connectivity index (χ0n) is 23.9. The number of halogens is 1. The third-order valence-electron chi connectivity index (χ3n) is 5.52. The first-order valence-corrected chi connectivity index (χ1v) is 12.9. The van der Waals surface area contributed by atoms with Gasteiger partial charge in [-0.3, -0.25) is 9.78 Å². The van der Waals surface area contributed by atoms with Crippen LogP contribution in [-0.4, -0.2) is 45.8 Å². The molecule has 0 radical (unpaired) electrons. The minimum Gasteiger partial charge on any atom is -0.463 e. The Morgan fingerprint density at radius 1 is 1.14 bits per heavy atom. The lowest BCUT2D eigenvalue weighted by Gasteiger charge is -2.40. The second kappa shape index (κ2) is 13.7. The summed E-state index contributed by atoms with van der Waals surface area (Å²) in [6, 6.07) is 3.06. The average molecular weight is 504 g/mol. The Morgan fingerprint density at radius 2 is 1.69 bits per heavy atom. The van der Waals surface area contributed by atoms with E-state index in [1.165, 1.54) is 12.3 Å². The maximum Gasteiger partial charge on any atom is 0.310 e. The molecule has 1 aliphatic rings. The van der Waals surface area contributed by atoms with Gasteiger partial charge in [-0.15, -0.1) is 0 Å². The van der Waals surface area contributed by atoms with E-state index in [0.717, 1.165) is 54.0 Å². The number of esters is 1. The highest BCUT2D eigenvalue weighted by molar-refractivity contribution is 5.84. The van der Waals surface area contributed by atoms with E-state index in [1.807, 2.05) is 34.6 Å². The number of rotatable bonds is 5. The number of ether oxygens (including phenoxy) is 1. The fourth-order valence-corrected chi connectivity index (χ4v) is 3.74. The van der Waals surface area contributed by atoms with Gasteiger partial charge in [0.25, 0.3) is 0 Å². The van der Waals surface area contributed by atoms with Crippen LogP contribution in [0.25, 0.3) is 11.1 Å². The van der Waals surface area contributed by atoms with E-state index in [1.54, 1.807) is 33.0 Å². The zero-order chi connectivity index (χ0) is 27.7. The summed E-state index contributed by atoms with van der Waals surface area (Å²) < 4.78 is 18.8. The Bertz CT molecular complexity index is 951. The molecule has 1 fully saturated rings. The van der Waals surface area contributed by atoms with Crippen molar-refractivity contribution >= 4 is 11.7 Å². The normalized spacial score (nSPS) is 14.9. The number of anilines is 1. The van der Waals surface area contributed by atoms with Crippen LogP contribution < -0.4 is 4.90 Å². The zero-order valence-corrected chi connectivity index (χ0v) is 23.9. The van der Waals surface area contributed by atoms with Crippen LogP contribution in [0.5, 0.6) is 0 Å². The van der Waals surface area contributed by atoms with Crippen molar-refractivity contribution in [2.75, 3.05) is 18.0 Å². The Kier molecular flexibility index (Phi) is 12.0. The molecule has 0 bridgehead atoms. The molecule has 0 aromatic carbocycles. The van der Waals surface area contributed by atoms with Crippen molar-refractivity contribution in [3.8, 4) is 11.1 Å². The molecule has 1 aliphatic heterocycles. The fourth-order valence-electron chi connectivity index (χ4n) is 3.74. The lowest BCUT2D eigenvalue weighted by molar-refractivity contribution is -0.146. The highest BCUT2D eigenvalue weighted by Gasteiger charge is 2.29. The standard InChI is InChI=1S/C23H30FN3O2.C4H10O.C2H6/c1-15(2)29-21(28)12-18-16(3)25-14-19(17-6-7-20(24)26-13-17)22(18)27-10-8-23(4,5)9-11-27;1-4(2,3)5;1-2/h6-7,13-15H,8-12H2,1-5H3;5H,1-3H3;1-2H3. The van der Waals surface area contributed by atoms with E-state index in [9.17, 15) is 9.18 Å². The number of carbonyl (C=O) groups is 1. The van der Waals surface area contributed by atoms with Gasteiger partial charge in [0.15, 0.2) is 0 Å². The SMILES string of the molecule is CC.CC(C)(C)O.Cc1ncc(-c2ccc(F)nc2)c(N2CCC(C)(C)CC2)c1CC(=O)OC(C)C. The van der Waals surface area contributed by atoms with Crippen LogP contribution >= 0.6 is 0 Å². The minimum atomic E-state index is -0.518. The van der Waals surface area contributed by atoms with Crippen molar-refractivity contribution < 1.29 is 19.0 Å². The van der Waals surface area contributed by atoms with E-state index in [4.69, 9.17) is 9.84 Å². The van der Waals surface area contributed by atoms with Crippen LogP contribution in [0.1, 0.15) is 86.4 Å². The van der Waals surface area contributed by atoms with Gasteiger partial charge >= 0.3 is 5.97 Å². The molecule has 1 saturated heterocycles. The fraction of sp³-hybridized carbons (Fsp3) is 0.621. The van der Waals surface area contributed by atoms with Gasteiger partial charge in [-0.2, -0.15) is 4.39 Å². The summed E-state index contributed by atoms with van der Waals surface area (Å²) in [5, 5.41) is 8.52. The second-order valence-electron chi connectivity index (χ2n) is 11.0. The van der Waals surface area contributed by atoms with Gasteiger partial charge in [0.05, 0.1) is 23.8 Å². The molecule has 0 unspecified atom stereocenters. The van der Waals surface area contributed by atoms with Gasteiger partial charge in [0.1, 0.15) is 0 Å². The molecule has 0 aliphatic carbocycles. The lowest BCUT2D eigenvalue weighted by Crippen LogP contribution is -2.38. The first-order valence-electron chi connectivity index (χ1n) is 12.9. The number of nitrogens with zero attached hydrogens (tertiary/aromatic N) is 3. The molecular weight excluding hydrogens is 457 g/mol. The maximum atomic E-state index is 13.4. The van der Waals surface area contributed by atoms with Crippen molar-refractivity contribution in [1.82, 2.24) is 9.97 Å². The molecule has 3 heterocycles. The number of carbonyl (C=O) groups excluding carboxylic acids is 1. The van der Waals surface area contributed by atoms with E-state index in [-0.39, 0.29) is 18.5 Å². The Labute approximate surface area is 217 Å². The van der Waals surface area contributed by atoms with Gasteiger partial charge in [0.2, 0.25) is 5.95 Å². The lowest BCUT2D eigenvalue weighted by atomic mass is 9.82. The predicted molar refractivity (Wildman–Crippen MR) is 146 cm³/mol. The minimum absolute atomic E-state index is 0.161. The Balaban J connectivity index is 0.000000826. The quantitative estimate of drug-likeness (QED) is 0.370. The first-order chi connectivity index (χ1) is 16.7. The van der Waals surface area contributed by atoms with Crippen molar-refractivity contribution in [3.05, 3.63) is 41.7 Å². The average Bonchev–Trinajstić information content (AvgIpc) is 2.76. The van der Waals surface area contributed by atoms with Crippen LogP contribution in [0.15, 0.2) is 24.5 Å². The largest absolute Gasteiger partial charge is 0.463 e. The van der Waals surface area contributed by atoms with Gasteiger partial charge in [-0.05, 0) is 71.9 Å². The number of aromatic nitrogens is 2. The summed E-state index contributed by atoms with van der Waals surface area (Å²) in [5.74, 6) is -0.784. The molecule has 1 N–H and O–H groups in total. The molecule has 2 aromatic heterocycles. The van der Waals surface area contributed by atoms with Gasteiger partial charge in [-0.25, -0.2) is 4.98 Å². The van der Waals surface area contributed by atoms with Gasteiger partial charge < -0.3 is 14.7 Å². The molecular formula is C29H46FN3O3. The van der Waals surface area contributed by atoms with Crippen molar-refractivity contribution in [1.29, 1.82) is 0 Å². The van der Waals surface area contributed by atoms with Crippen LogP contribution in [0.2, 0.25) is 0 Å². The molecule has 0 atom stereocenters. The summed E-state index contributed by atoms with van der Waals surface area (Å²) in [6.45, 7) is 21.2. The number of pyridine rings is 2. The molecule has 7 heteroatoms. The second-order valence-corrected chi connectivity index (χ2v) is 11.0. The molecule has 3 rings (SSSR count). The summed E-state index contributed by atoms with van der Waals surface area (Å²) in [4.78, 5) is 23.2. The maximum absolute atomic E-state index is 13.4. The number of aryl methyl sites for hydroxylation is 1. The number of aliphatic hydroxyl groups is 1. The van der Waals surface area contributed by atoms with E-state index >= 15 is 0 Å². The van der Waals surface area contributed by atoms with Crippen LogP contribution in [0, 0.1) is 18.3 Å². The predicted octanol–water partition coefficient (Wildman–Crippen LogP) is 6.52. The monoisotopic (exact) mass is 503 g/mol. The van der Waals surface area contributed by atoms with E-state index < -0.39 is 11.5 Å².